The van der Waals surface area contributed by atoms with Crippen LogP contribution in [0.3, 0.4) is 0 Å². The van der Waals surface area contributed by atoms with Crippen molar-refractivity contribution in [2.45, 2.75) is 27.2 Å². The molecule has 0 bridgehead atoms. The number of imidazole rings is 1. The zero-order valence-corrected chi connectivity index (χ0v) is 14.7. The van der Waals surface area contributed by atoms with E-state index in [9.17, 15) is 0 Å². The van der Waals surface area contributed by atoms with Crippen LogP contribution in [0.15, 0.2) is 36.5 Å². The molecule has 2 atom stereocenters. The van der Waals surface area contributed by atoms with Gasteiger partial charge in [0.05, 0.1) is 11.0 Å². The maximum absolute atomic E-state index is 7.57. The minimum Gasteiger partial charge on any atom is -0.397 e. The lowest BCUT2D eigenvalue weighted by atomic mass is 10.3. The highest BCUT2D eigenvalue weighted by molar-refractivity contribution is 5.79. The average Bonchev–Trinajstić information content (AvgIpc) is 3.07. The summed E-state index contributed by atoms with van der Waals surface area (Å²) < 4.78 is 2.07. The largest absolute Gasteiger partial charge is 0.397 e. The summed E-state index contributed by atoms with van der Waals surface area (Å²) in [4.78, 5) is 11.7. The van der Waals surface area contributed by atoms with Crippen molar-refractivity contribution < 1.29 is 5.11 Å². The second-order valence-corrected chi connectivity index (χ2v) is 6.03. The molecule has 5 heteroatoms. The summed E-state index contributed by atoms with van der Waals surface area (Å²) in [6.45, 7) is 8.28. The van der Waals surface area contributed by atoms with Gasteiger partial charge in [0.25, 0.3) is 0 Å². The molecule has 0 spiro atoms. The molecule has 3 aromatic rings. The Balaban J connectivity index is 0.000000308. The Bertz CT molecular complexity index is 803. The first-order valence-corrected chi connectivity index (χ1v) is 8.89. The topological polar surface area (TPSA) is 53.7 Å². The second kappa shape index (κ2) is 7.18. The molecule has 128 valence electrons. The third-order valence-corrected chi connectivity index (χ3v) is 4.47. The van der Waals surface area contributed by atoms with E-state index >= 15 is 0 Å². The molecule has 1 aliphatic carbocycles. The Labute approximate surface area is 143 Å². The number of piperidine rings is 1. The molecule has 3 heterocycles. The van der Waals surface area contributed by atoms with Gasteiger partial charge in [-0.1, -0.05) is 26.0 Å². The number of fused-ring (bicyclic) bond motifs is 4. The van der Waals surface area contributed by atoms with E-state index in [2.05, 4.69) is 32.6 Å². The first-order chi connectivity index (χ1) is 11.8. The smallest absolute Gasteiger partial charge is 0.236 e. The highest BCUT2D eigenvalue weighted by atomic mass is 16.2. The van der Waals surface area contributed by atoms with Crippen molar-refractivity contribution in [1.82, 2.24) is 14.4 Å². The van der Waals surface area contributed by atoms with Gasteiger partial charge in [-0.2, -0.15) is 4.98 Å². The summed E-state index contributed by atoms with van der Waals surface area (Å²) in [5.74, 6) is 3.74. The van der Waals surface area contributed by atoms with Crippen LogP contribution in [0.2, 0.25) is 0 Å². The van der Waals surface area contributed by atoms with Crippen LogP contribution in [0, 0.1) is 11.8 Å². The molecule has 0 unspecified atom stereocenters. The average molecular weight is 326 g/mol. The van der Waals surface area contributed by atoms with E-state index in [1.54, 1.807) is 6.92 Å². The number of anilines is 1. The van der Waals surface area contributed by atoms with Crippen LogP contribution in [0.25, 0.3) is 16.8 Å². The Kier molecular flexibility index (Phi) is 5.00. The predicted molar refractivity (Wildman–Crippen MR) is 98.4 cm³/mol. The van der Waals surface area contributed by atoms with E-state index in [1.807, 2.05) is 32.0 Å². The Morgan fingerprint density at radius 3 is 2.46 bits per heavy atom. The van der Waals surface area contributed by atoms with Crippen molar-refractivity contribution in [2.24, 2.45) is 11.8 Å². The number of hydrogen-bond donors (Lipinski definition) is 1. The molecule has 2 aromatic heterocycles. The van der Waals surface area contributed by atoms with Crippen LogP contribution in [-0.2, 0) is 0 Å². The first-order valence-electron chi connectivity index (χ1n) is 8.89. The zero-order valence-electron chi connectivity index (χ0n) is 14.7. The second-order valence-electron chi connectivity index (χ2n) is 6.03. The fourth-order valence-electron chi connectivity index (χ4n) is 3.30. The molecule has 1 aromatic carbocycles. The molecule has 1 N–H and O–H groups in total. The quantitative estimate of drug-likeness (QED) is 0.745. The Hall–Kier alpha value is -2.14. The molecule has 2 aliphatic rings. The summed E-state index contributed by atoms with van der Waals surface area (Å²) in [5, 5.41) is 7.57. The molecule has 5 rings (SSSR count). The summed E-state index contributed by atoms with van der Waals surface area (Å²) >= 11 is 0. The molecule has 5 nitrogen and oxygen atoms in total. The van der Waals surface area contributed by atoms with Crippen molar-refractivity contribution in [1.29, 1.82) is 0 Å². The number of rotatable bonds is 1. The standard InChI is InChI=1S/C15H14N4.C2H6O.C2H6/c1-2-4-13-12(3-1)16-15-17-14(5-6-19(13)15)18-8-10-7-11(10)9-18;1-2-3;1-2/h1-6,10-11H,7-9H2;3H,2H2,1H3;1-2H3/t10-,11+;;. The number of aliphatic hydroxyl groups excluding tert-OH is 1. The fraction of sp³-hybridized carbons (Fsp3) is 0.474. The van der Waals surface area contributed by atoms with Gasteiger partial charge in [0, 0.05) is 25.9 Å². The van der Waals surface area contributed by atoms with Crippen molar-refractivity contribution in [3.8, 4) is 0 Å². The Morgan fingerprint density at radius 1 is 1.08 bits per heavy atom. The third kappa shape index (κ3) is 3.08. The molecular weight excluding hydrogens is 300 g/mol. The van der Waals surface area contributed by atoms with Crippen molar-refractivity contribution in [3.63, 3.8) is 0 Å². The predicted octanol–water partition coefficient (Wildman–Crippen LogP) is 3.36. The maximum atomic E-state index is 7.57. The molecule has 2 fully saturated rings. The van der Waals surface area contributed by atoms with Gasteiger partial charge < -0.3 is 10.0 Å². The zero-order chi connectivity index (χ0) is 17.1. The summed E-state index contributed by atoms with van der Waals surface area (Å²) in [6.07, 6.45) is 3.52. The van der Waals surface area contributed by atoms with Gasteiger partial charge in [0.1, 0.15) is 5.82 Å². The van der Waals surface area contributed by atoms with E-state index in [0.717, 1.165) is 34.5 Å². The van der Waals surface area contributed by atoms with Crippen LogP contribution >= 0.6 is 0 Å². The van der Waals surface area contributed by atoms with Crippen LogP contribution in [0.5, 0.6) is 0 Å². The number of hydrogen-bond acceptors (Lipinski definition) is 4. The molecule has 1 saturated heterocycles. The normalized spacial score (nSPS) is 20.9. The number of benzene rings is 1. The van der Waals surface area contributed by atoms with E-state index in [-0.39, 0.29) is 6.61 Å². The van der Waals surface area contributed by atoms with E-state index < -0.39 is 0 Å². The van der Waals surface area contributed by atoms with Gasteiger partial charge in [-0.05, 0) is 43.4 Å². The van der Waals surface area contributed by atoms with Gasteiger partial charge in [0.15, 0.2) is 0 Å². The minimum absolute atomic E-state index is 0.250. The minimum atomic E-state index is 0.250. The first kappa shape index (κ1) is 16.7. The van der Waals surface area contributed by atoms with Gasteiger partial charge in [0.2, 0.25) is 5.78 Å². The van der Waals surface area contributed by atoms with Gasteiger partial charge in [-0.25, -0.2) is 4.98 Å². The molecule has 1 aliphatic heterocycles. The highest BCUT2D eigenvalue weighted by Gasteiger charge is 2.45. The number of para-hydroxylation sites is 2. The van der Waals surface area contributed by atoms with Crippen LogP contribution < -0.4 is 4.90 Å². The summed E-state index contributed by atoms with van der Waals surface area (Å²) in [6, 6.07) is 10.3. The highest BCUT2D eigenvalue weighted by Crippen LogP contribution is 2.45. The SMILES string of the molecule is CC.CCO.c1ccc2c(c1)nc1nc(N3C[C@H]4C[C@H]4C3)ccn12. The number of nitrogens with zero attached hydrogens (tertiary/aromatic N) is 4. The maximum Gasteiger partial charge on any atom is 0.236 e. The Morgan fingerprint density at radius 2 is 1.75 bits per heavy atom. The van der Waals surface area contributed by atoms with Crippen molar-refractivity contribution >= 4 is 22.6 Å². The van der Waals surface area contributed by atoms with E-state index in [4.69, 9.17) is 10.1 Å². The molecule has 0 amide bonds. The summed E-state index contributed by atoms with van der Waals surface area (Å²) in [7, 11) is 0. The van der Waals surface area contributed by atoms with Gasteiger partial charge in [-0.3, -0.25) is 4.40 Å². The van der Waals surface area contributed by atoms with Crippen LogP contribution in [0.1, 0.15) is 27.2 Å². The van der Waals surface area contributed by atoms with E-state index in [1.165, 1.54) is 19.5 Å². The number of aromatic nitrogens is 3. The van der Waals surface area contributed by atoms with Gasteiger partial charge in [-0.15, -0.1) is 0 Å². The molecule has 1 saturated carbocycles. The van der Waals surface area contributed by atoms with Crippen LogP contribution in [-0.4, -0.2) is 39.2 Å². The lowest BCUT2D eigenvalue weighted by Gasteiger charge is -2.18. The fourth-order valence-corrected chi connectivity index (χ4v) is 3.30. The lowest BCUT2D eigenvalue weighted by molar-refractivity contribution is 0.318. The molecule has 0 radical (unpaired) electrons. The van der Waals surface area contributed by atoms with Crippen molar-refractivity contribution in [2.75, 3.05) is 24.6 Å². The molecule has 24 heavy (non-hydrogen) atoms. The monoisotopic (exact) mass is 326 g/mol. The van der Waals surface area contributed by atoms with E-state index in [0.29, 0.717) is 0 Å². The molecular formula is C19H26N4O. The summed E-state index contributed by atoms with van der Waals surface area (Å²) in [5.41, 5.74) is 2.14. The third-order valence-electron chi connectivity index (χ3n) is 4.47. The number of aliphatic hydroxyl groups is 1. The van der Waals surface area contributed by atoms with Crippen molar-refractivity contribution in [3.05, 3.63) is 36.5 Å². The lowest BCUT2D eigenvalue weighted by Crippen LogP contribution is -2.23. The van der Waals surface area contributed by atoms with Crippen LogP contribution in [0.4, 0.5) is 5.82 Å². The van der Waals surface area contributed by atoms with Gasteiger partial charge >= 0.3 is 0 Å².